The molecule has 4 nitrogen and oxygen atoms in total. The van der Waals surface area contributed by atoms with E-state index < -0.39 is 5.97 Å². The molecule has 3 aromatic rings. The number of nitrogens with zero attached hydrogens (tertiary/aromatic N) is 1. The number of carboxylic acid groups (broad SMARTS) is 1. The standard InChI is InChI=1S/C18H11NO3/c19-11-12-4-3-5-13(10-12)22-17-9-8-16(18(20)21)14-6-1-2-7-15(14)17/h1-10H,(H,20,21). The van der Waals surface area contributed by atoms with E-state index in [1.54, 1.807) is 42.5 Å². The van der Waals surface area contributed by atoms with Crippen molar-refractivity contribution in [2.24, 2.45) is 0 Å². The van der Waals surface area contributed by atoms with E-state index in [-0.39, 0.29) is 5.56 Å². The molecule has 0 aliphatic carbocycles. The highest BCUT2D eigenvalue weighted by atomic mass is 16.5. The fraction of sp³-hybridized carbons (Fsp3) is 0. The Labute approximate surface area is 126 Å². The van der Waals surface area contributed by atoms with Gasteiger partial charge in [-0.25, -0.2) is 4.79 Å². The van der Waals surface area contributed by atoms with Gasteiger partial charge in [-0.2, -0.15) is 5.26 Å². The molecular weight excluding hydrogens is 278 g/mol. The zero-order chi connectivity index (χ0) is 15.5. The number of carboxylic acids is 1. The first kappa shape index (κ1) is 13.7. The average molecular weight is 289 g/mol. The predicted octanol–water partition coefficient (Wildman–Crippen LogP) is 4.20. The Kier molecular flexibility index (Phi) is 3.47. The molecule has 0 unspecified atom stereocenters. The lowest BCUT2D eigenvalue weighted by molar-refractivity contribution is 0.0699. The second-order valence-electron chi connectivity index (χ2n) is 4.70. The van der Waals surface area contributed by atoms with E-state index in [4.69, 9.17) is 10.00 Å². The summed E-state index contributed by atoms with van der Waals surface area (Å²) in [6.45, 7) is 0. The maximum absolute atomic E-state index is 11.3. The zero-order valence-corrected chi connectivity index (χ0v) is 11.5. The summed E-state index contributed by atoms with van der Waals surface area (Å²) in [5, 5.41) is 19.5. The fourth-order valence-electron chi connectivity index (χ4n) is 2.30. The molecule has 4 heteroatoms. The number of nitriles is 1. The van der Waals surface area contributed by atoms with Crippen LogP contribution in [0, 0.1) is 11.3 Å². The summed E-state index contributed by atoms with van der Waals surface area (Å²) in [4.78, 5) is 11.3. The molecule has 3 rings (SSSR count). The molecule has 0 spiro atoms. The molecule has 3 aromatic carbocycles. The van der Waals surface area contributed by atoms with Gasteiger partial charge in [-0.3, -0.25) is 0 Å². The Morgan fingerprint density at radius 3 is 2.50 bits per heavy atom. The molecule has 0 aromatic heterocycles. The quantitative estimate of drug-likeness (QED) is 0.784. The van der Waals surface area contributed by atoms with Gasteiger partial charge < -0.3 is 9.84 Å². The Balaban J connectivity index is 2.10. The van der Waals surface area contributed by atoms with E-state index in [9.17, 15) is 9.90 Å². The van der Waals surface area contributed by atoms with Crippen LogP contribution in [0.3, 0.4) is 0 Å². The molecule has 22 heavy (non-hydrogen) atoms. The third kappa shape index (κ3) is 2.48. The van der Waals surface area contributed by atoms with Crippen LogP contribution >= 0.6 is 0 Å². The van der Waals surface area contributed by atoms with Crippen LogP contribution in [0.4, 0.5) is 0 Å². The molecule has 0 radical (unpaired) electrons. The van der Waals surface area contributed by atoms with Crippen LogP contribution in [0.5, 0.6) is 11.5 Å². The monoisotopic (exact) mass is 289 g/mol. The molecule has 1 N–H and O–H groups in total. The Morgan fingerprint density at radius 2 is 1.77 bits per heavy atom. The van der Waals surface area contributed by atoms with Gasteiger partial charge in [0.05, 0.1) is 17.2 Å². The van der Waals surface area contributed by atoms with Gasteiger partial charge in [0.2, 0.25) is 0 Å². The molecule has 0 atom stereocenters. The van der Waals surface area contributed by atoms with Crippen LogP contribution < -0.4 is 4.74 Å². The SMILES string of the molecule is N#Cc1cccc(Oc2ccc(C(=O)O)c3ccccc23)c1. The highest BCUT2D eigenvalue weighted by Crippen LogP contribution is 2.32. The predicted molar refractivity (Wildman–Crippen MR) is 82.1 cm³/mol. The van der Waals surface area contributed by atoms with E-state index in [0.29, 0.717) is 27.8 Å². The number of hydrogen-bond acceptors (Lipinski definition) is 3. The molecule has 0 heterocycles. The summed E-state index contributed by atoms with van der Waals surface area (Å²) in [6.07, 6.45) is 0. The van der Waals surface area contributed by atoms with Gasteiger partial charge in [-0.15, -0.1) is 0 Å². The number of fused-ring (bicyclic) bond motifs is 1. The van der Waals surface area contributed by atoms with Crippen molar-refractivity contribution in [1.29, 1.82) is 5.26 Å². The number of benzene rings is 3. The fourth-order valence-corrected chi connectivity index (χ4v) is 2.30. The molecular formula is C18H11NO3. The van der Waals surface area contributed by atoms with E-state index in [0.717, 1.165) is 0 Å². The molecule has 106 valence electrons. The molecule has 0 saturated carbocycles. The highest BCUT2D eigenvalue weighted by molar-refractivity contribution is 6.05. The average Bonchev–Trinajstić information content (AvgIpc) is 2.55. The largest absolute Gasteiger partial charge is 0.478 e. The topological polar surface area (TPSA) is 70.3 Å². The number of rotatable bonds is 3. The Morgan fingerprint density at radius 1 is 1.00 bits per heavy atom. The highest BCUT2D eigenvalue weighted by Gasteiger charge is 2.12. The first-order valence-electron chi connectivity index (χ1n) is 6.62. The molecule has 0 amide bonds. The van der Waals surface area contributed by atoms with E-state index >= 15 is 0 Å². The van der Waals surface area contributed by atoms with Gasteiger partial charge in [0.1, 0.15) is 11.5 Å². The van der Waals surface area contributed by atoms with Gasteiger partial charge in [0, 0.05) is 5.39 Å². The second-order valence-corrected chi connectivity index (χ2v) is 4.70. The Bertz CT molecular complexity index is 910. The minimum absolute atomic E-state index is 0.230. The van der Waals surface area contributed by atoms with Crippen molar-refractivity contribution in [1.82, 2.24) is 0 Å². The van der Waals surface area contributed by atoms with E-state index in [1.165, 1.54) is 6.07 Å². The normalized spacial score (nSPS) is 10.1. The van der Waals surface area contributed by atoms with E-state index in [1.807, 2.05) is 12.1 Å². The van der Waals surface area contributed by atoms with Crippen molar-refractivity contribution in [3.05, 3.63) is 71.8 Å². The van der Waals surface area contributed by atoms with Crippen molar-refractivity contribution in [2.45, 2.75) is 0 Å². The lowest BCUT2D eigenvalue weighted by atomic mass is 10.0. The summed E-state index contributed by atoms with van der Waals surface area (Å²) in [5.41, 5.74) is 0.734. The minimum atomic E-state index is -0.978. The summed E-state index contributed by atoms with van der Waals surface area (Å²) >= 11 is 0. The van der Waals surface area contributed by atoms with Gasteiger partial charge in [-0.1, -0.05) is 30.3 Å². The van der Waals surface area contributed by atoms with Gasteiger partial charge in [0.25, 0.3) is 0 Å². The van der Waals surface area contributed by atoms with Crippen molar-refractivity contribution >= 4 is 16.7 Å². The molecule has 0 aliphatic heterocycles. The van der Waals surface area contributed by atoms with Crippen LogP contribution in [-0.2, 0) is 0 Å². The zero-order valence-electron chi connectivity index (χ0n) is 11.5. The maximum Gasteiger partial charge on any atom is 0.336 e. The lowest BCUT2D eigenvalue weighted by Crippen LogP contribution is -1.98. The number of ether oxygens (including phenoxy) is 1. The summed E-state index contributed by atoms with van der Waals surface area (Å²) in [7, 11) is 0. The Hall–Kier alpha value is -3.32. The molecule has 0 saturated heterocycles. The van der Waals surface area contributed by atoms with Gasteiger partial charge in [0.15, 0.2) is 0 Å². The van der Waals surface area contributed by atoms with Crippen molar-refractivity contribution in [3.63, 3.8) is 0 Å². The number of aromatic carboxylic acids is 1. The minimum Gasteiger partial charge on any atom is -0.478 e. The molecule has 0 fully saturated rings. The summed E-state index contributed by atoms with van der Waals surface area (Å²) < 4.78 is 5.82. The van der Waals surface area contributed by atoms with Crippen LogP contribution in [0.15, 0.2) is 60.7 Å². The maximum atomic E-state index is 11.3. The lowest BCUT2D eigenvalue weighted by Gasteiger charge is -2.11. The van der Waals surface area contributed by atoms with Gasteiger partial charge >= 0.3 is 5.97 Å². The first-order valence-corrected chi connectivity index (χ1v) is 6.62. The smallest absolute Gasteiger partial charge is 0.336 e. The van der Waals surface area contributed by atoms with Crippen LogP contribution in [0.1, 0.15) is 15.9 Å². The van der Waals surface area contributed by atoms with Crippen molar-refractivity contribution < 1.29 is 14.6 Å². The van der Waals surface area contributed by atoms with Gasteiger partial charge in [-0.05, 0) is 35.7 Å². The van der Waals surface area contributed by atoms with Crippen LogP contribution in [-0.4, -0.2) is 11.1 Å². The third-order valence-electron chi connectivity index (χ3n) is 3.31. The summed E-state index contributed by atoms with van der Waals surface area (Å²) in [6, 6.07) is 19.2. The first-order chi connectivity index (χ1) is 10.7. The summed E-state index contributed by atoms with van der Waals surface area (Å²) in [5.74, 6) is 0.109. The number of carbonyl (C=O) groups is 1. The van der Waals surface area contributed by atoms with Crippen molar-refractivity contribution in [3.8, 4) is 17.6 Å². The number of hydrogen-bond donors (Lipinski definition) is 1. The van der Waals surface area contributed by atoms with Crippen LogP contribution in [0.2, 0.25) is 0 Å². The van der Waals surface area contributed by atoms with Crippen LogP contribution in [0.25, 0.3) is 10.8 Å². The van der Waals surface area contributed by atoms with Crippen molar-refractivity contribution in [2.75, 3.05) is 0 Å². The second kappa shape index (κ2) is 5.58. The molecule has 0 bridgehead atoms. The van der Waals surface area contributed by atoms with E-state index in [2.05, 4.69) is 6.07 Å². The third-order valence-corrected chi connectivity index (χ3v) is 3.31. The molecule has 0 aliphatic rings.